The van der Waals surface area contributed by atoms with Crippen molar-refractivity contribution in [1.82, 2.24) is 0 Å². The number of hydrogen-bond acceptors (Lipinski definition) is 1. The van der Waals surface area contributed by atoms with E-state index in [-0.39, 0.29) is 0 Å². The van der Waals surface area contributed by atoms with Gasteiger partial charge < -0.3 is 5.32 Å². The van der Waals surface area contributed by atoms with Crippen LogP contribution in [0.2, 0.25) is 5.02 Å². The number of anilines is 1. The molecule has 0 spiro atoms. The normalized spacial score (nSPS) is 10.4. The molecule has 18 heavy (non-hydrogen) atoms. The molecular formula is C14H12Br2ClN. The van der Waals surface area contributed by atoms with E-state index in [9.17, 15) is 0 Å². The second-order valence-electron chi connectivity index (χ2n) is 4.06. The van der Waals surface area contributed by atoms with Crippen molar-refractivity contribution in [1.29, 1.82) is 0 Å². The van der Waals surface area contributed by atoms with Crippen molar-refractivity contribution in [3.05, 3.63) is 61.5 Å². The van der Waals surface area contributed by atoms with Crippen LogP contribution in [-0.4, -0.2) is 0 Å². The van der Waals surface area contributed by atoms with Gasteiger partial charge in [0.25, 0.3) is 0 Å². The van der Waals surface area contributed by atoms with Crippen molar-refractivity contribution < 1.29 is 0 Å². The van der Waals surface area contributed by atoms with Crippen molar-refractivity contribution >= 4 is 49.1 Å². The molecule has 0 atom stereocenters. The summed E-state index contributed by atoms with van der Waals surface area (Å²) in [6.45, 7) is 2.86. The van der Waals surface area contributed by atoms with E-state index >= 15 is 0 Å². The predicted octanol–water partition coefficient (Wildman–Crippen LogP) is 5.79. The Morgan fingerprint density at radius 2 is 1.89 bits per heavy atom. The van der Waals surface area contributed by atoms with Crippen molar-refractivity contribution in [3.8, 4) is 0 Å². The molecule has 0 aliphatic carbocycles. The Bertz CT molecular complexity index is 570. The lowest BCUT2D eigenvalue weighted by Gasteiger charge is -2.10. The van der Waals surface area contributed by atoms with Crippen LogP contribution in [0.5, 0.6) is 0 Å². The molecule has 0 radical (unpaired) electrons. The van der Waals surface area contributed by atoms with Crippen LogP contribution in [0, 0.1) is 6.92 Å². The minimum atomic E-state index is 0.735. The van der Waals surface area contributed by atoms with E-state index in [1.165, 1.54) is 11.1 Å². The van der Waals surface area contributed by atoms with Gasteiger partial charge in [0.1, 0.15) is 0 Å². The van der Waals surface area contributed by atoms with Gasteiger partial charge >= 0.3 is 0 Å². The third kappa shape index (κ3) is 3.50. The van der Waals surface area contributed by atoms with Crippen LogP contribution in [-0.2, 0) is 6.54 Å². The largest absolute Gasteiger partial charge is 0.381 e. The molecule has 94 valence electrons. The van der Waals surface area contributed by atoms with Gasteiger partial charge in [-0.15, -0.1) is 0 Å². The third-order valence-corrected chi connectivity index (χ3v) is 4.36. The molecule has 0 heterocycles. The fourth-order valence-electron chi connectivity index (χ4n) is 1.67. The predicted molar refractivity (Wildman–Crippen MR) is 85.4 cm³/mol. The lowest BCUT2D eigenvalue weighted by molar-refractivity contribution is 1.14. The standard InChI is InChI=1S/C14H12Br2ClN/c1-9-6-11(15)3-5-14(9)18-8-10-2-4-13(17)12(16)7-10/h2-7,18H,8H2,1H3. The molecule has 2 aromatic carbocycles. The Labute approximate surface area is 129 Å². The van der Waals surface area contributed by atoms with Crippen LogP contribution in [0.15, 0.2) is 45.3 Å². The lowest BCUT2D eigenvalue weighted by Crippen LogP contribution is -2.00. The van der Waals surface area contributed by atoms with Crippen LogP contribution >= 0.6 is 43.5 Å². The summed E-state index contributed by atoms with van der Waals surface area (Å²) < 4.78 is 2.02. The summed E-state index contributed by atoms with van der Waals surface area (Å²) in [5.74, 6) is 0. The Hall–Kier alpha value is -0.510. The minimum Gasteiger partial charge on any atom is -0.381 e. The van der Waals surface area contributed by atoms with E-state index < -0.39 is 0 Å². The highest BCUT2D eigenvalue weighted by molar-refractivity contribution is 9.10. The molecule has 0 aliphatic heterocycles. The monoisotopic (exact) mass is 387 g/mol. The highest BCUT2D eigenvalue weighted by Crippen LogP contribution is 2.24. The van der Waals surface area contributed by atoms with E-state index in [0.717, 1.165) is 26.2 Å². The third-order valence-electron chi connectivity index (χ3n) is 2.66. The first kappa shape index (κ1) is 13.9. The van der Waals surface area contributed by atoms with Gasteiger partial charge in [0.2, 0.25) is 0 Å². The zero-order valence-electron chi connectivity index (χ0n) is 9.81. The summed E-state index contributed by atoms with van der Waals surface area (Å²) in [6.07, 6.45) is 0. The van der Waals surface area contributed by atoms with Gasteiger partial charge in [0, 0.05) is 21.2 Å². The van der Waals surface area contributed by atoms with Crippen molar-refractivity contribution in [2.45, 2.75) is 13.5 Å². The Morgan fingerprint density at radius 3 is 2.56 bits per heavy atom. The summed E-state index contributed by atoms with van der Waals surface area (Å²) in [4.78, 5) is 0. The highest BCUT2D eigenvalue weighted by Gasteiger charge is 2.01. The van der Waals surface area contributed by atoms with Crippen molar-refractivity contribution in [2.24, 2.45) is 0 Å². The number of hydrogen-bond donors (Lipinski definition) is 1. The second kappa shape index (κ2) is 6.09. The molecule has 0 aromatic heterocycles. The van der Waals surface area contributed by atoms with Crippen LogP contribution in [0.1, 0.15) is 11.1 Å². The summed E-state index contributed by atoms with van der Waals surface area (Å²) in [6, 6.07) is 12.2. The van der Waals surface area contributed by atoms with Gasteiger partial charge in [-0.25, -0.2) is 0 Å². The van der Waals surface area contributed by atoms with Crippen LogP contribution in [0.3, 0.4) is 0 Å². The van der Waals surface area contributed by atoms with E-state index in [0.29, 0.717) is 0 Å². The number of aryl methyl sites for hydroxylation is 1. The summed E-state index contributed by atoms with van der Waals surface area (Å²) in [5, 5.41) is 4.15. The number of benzene rings is 2. The summed E-state index contributed by atoms with van der Waals surface area (Å²) in [5.41, 5.74) is 3.55. The Morgan fingerprint density at radius 1 is 1.11 bits per heavy atom. The van der Waals surface area contributed by atoms with Crippen molar-refractivity contribution in [2.75, 3.05) is 5.32 Å². The molecule has 1 nitrogen and oxygen atoms in total. The molecule has 0 aliphatic rings. The molecule has 4 heteroatoms. The Kier molecular flexibility index (Phi) is 4.71. The highest BCUT2D eigenvalue weighted by atomic mass is 79.9. The maximum atomic E-state index is 5.97. The first-order valence-electron chi connectivity index (χ1n) is 5.50. The van der Waals surface area contributed by atoms with Crippen LogP contribution in [0.25, 0.3) is 0 Å². The number of halogens is 3. The van der Waals surface area contributed by atoms with Crippen LogP contribution < -0.4 is 5.32 Å². The van der Waals surface area contributed by atoms with Crippen LogP contribution in [0.4, 0.5) is 5.69 Å². The van der Waals surface area contributed by atoms with Gasteiger partial charge in [0.05, 0.1) is 5.02 Å². The molecule has 0 unspecified atom stereocenters. The second-order valence-corrected chi connectivity index (χ2v) is 6.24. The van der Waals surface area contributed by atoms with E-state index in [1.807, 2.05) is 24.3 Å². The van der Waals surface area contributed by atoms with Gasteiger partial charge in [-0.1, -0.05) is 33.6 Å². The van der Waals surface area contributed by atoms with E-state index in [1.54, 1.807) is 0 Å². The molecule has 1 N–H and O–H groups in total. The Balaban J connectivity index is 2.09. The minimum absolute atomic E-state index is 0.735. The zero-order chi connectivity index (χ0) is 13.1. The van der Waals surface area contributed by atoms with Gasteiger partial charge in [-0.3, -0.25) is 0 Å². The lowest BCUT2D eigenvalue weighted by atomic mass is 10.2. The smallest absolute Gasteiger partial charge is 0.0548 e. The number of rotatable bonds is 3. The average molecular weight is 390 g/mol. The first-order valence-corrected chi connectivity index (χ1v) is 7.46. The number of nitrogens with one attached hydrogen (secondary N) is 1. The van der Waals surface area contributed by atoms with E-state index in [2.05, 4.69) is 56.2 Å². The average Bonchev–Trinajstić information content (AvgIpc) is 2.32. The SMILES string of the molecule is Cc1cc(Br)ccc1NCc1ccc(Cl)c(Br)c1. The van der Waals surface area contributed by atoms with E-state index in [4.69, 9.17) is 11.6 Å². The molecule has 0 fully saturated rings. The fourth-order valence-corrected chi connectivity index (χ4v) is 2.69. The molecular weight excluding hydrogens is 377 g/mol. The van der Waals surface area contributed by atoms with Gasteiger partial charge in [-0.2, -0.15) is 0 Å². The first-order chi connectivity index (χ1) is 8.56. The molecule has 2 aromatic rings. The maximum absolute atomic E-state index is 5.97. The van der Waals surface area contributed by atoms with Gasteiger partial charge in [0.15, 0.2) is 0 Å². The fraction of sp³-hybridized carbons (Fsp3) is 0.143. The van der Waals surface area contributed by atoms with Crippen molar-refractivity contribution in [3.63, 3.8) is 0 Å². The molecule has 0 saturated carbocycles. The topological polar surface area (TPSA) is 12.0 Å². The molecule has 0 bridgehead atoms. The molecule has 2 rings (SSSR count). The quantitative estimate of drug-likeness (QED) is 0.701. The molecule has 0 amide bonds. The summed E-state index contributed by atoms with van der Waals surface area (Å²) >= 11 is 12.9. The molecule has 0 saturated heterocycles. The van der Waals surface area contributed by atoms with Gasteiger partial charge in [-0.05, 0) is 64.3 Å². The summed E-state index contributed by atoms with van der Waals surface area (Å²) in [7, 11) is 0. The maximum Gasteiger partial charge on any atom is 0.0548 e. The zero-order valence-corrected chi connectivity index (χ0v) is 13.7.